The van der Waals surface area contributed by atoms with Crippen molar-refractivity contribution < 1.29 is 23.8 Å². The van der Waals surface area contributed by atoms with Crippen LogP contribution in [-0.2, 0) is 22.6 Å². The Hall–Kier alpha value is -3.02. The number of benzene rings is 3. The molecule has 1 fully saturated rings. The molecule has 3 N–H and O–H groups in total. The van der Waals surface area contributed by atoms with Gasteiger partial charge in [0, 0.05) is 0 Å². The van der Waals surface area contributed by atoms with Crippen molar-refractivity contribution >= 4 is 43.5 Å². The summed E-state index contributed by atoms with van der Waals surface area (Å²) in [5.41, 5.74) is 3.78. The summed E-state index contributed by atoms with van der Waals surface area (Å²) < 4.78 is 22.5. The van der Waals surface area contributed by atoms with Gasteiger partial charge in [0.1, 0.15) is 5.82 Å². The predicted molar refractivity (Wildman–Crippen MR) is 162 cm³/mol. The van der Waals surface area contributed by atoms with Gasteiger partial charge in [-0.2, -0.15) is 0 Å². The molecule has 39 heavy (non-hydrogen) atoms. The number of alkyl halides is 2. The second kappa shape index (κ2) is 13.9. The van der Waals surface area contributed by atoms with E-state index in [1.165, 1.54) is 12.1 Å². The molecule has 0 saturated carbocycles. The van der Waals surface area contributed by atoms with E-state index in [1.807, 2.05) is 48.5 Å². The summed E-state index contributed by atoms with van der Waals surface area (Å²) in [5.74, 6) is -0.924. The van der Waals surface area contributed by atoms with E-state index in [2.05, 4.69) is 23.6 Å². The number of halogens is 2. The predicted octanol–water partition coefficient (Wildman–Crippen LogP) is 6.25. The van der Waals surface area contributed by atoms with Crippen molar-refractivity contribution in [3.05, 3.63) is 83.7 Å². The molecule has 1 saturated heterocycles. The van der Waals surface area contributed by atoms with Crippen LogP contribution in [-0.4, -0.2) is 49.3 Å². The molecule has 9 heteroatoms. The number of nitrogens with zero attached hydrogens (tertiary/aromatic N) is 1. The number of piperidine rings is 1. The van der Waals surface area contributed by atoms with Crippen LogP contribution >= 0.6 is 20.1 Å². The van der Waals surface area contributed by atoms with Crippen molar-refractivity contribution in [1.29, 1.82) is 0 Å². The third-order valence-corrected chi connectivity index (χ3v) is 10.2. The number of aliphatic hydroxyl groups is 1. The van der Waals surface area contributed by atoms with Crippen molar-refractivity contribution in [3.8, 4) is 11.1 Å². The van der Waals surface area contributed by atoms with Crippen LogP contribution in [0.4, 0.5) is 20.6 Å². The summed E-state index contributed by atoms with van der Waals surface area (Å²) in [4.78, 5) is 30.1. The Bertz CT molecular complexity index is 1290. The molecule has 0 radical (unpaired) electrons. The van der Waals surface area contributed by atoms with Crippen LogP contribution in [0.1, 0.15) is 30.4 Å². The fourth-order valence-electron chi connectivity index (χ4n) is 4.54. The molecule has 1 atom stereocenters. The Morgan fingerprint density at radius 2 is 1.79 bits per heavy atom. The molecule has 7 nitrogen and oxygen atoms in total. The number of carbonyl (C=O) groups excluding carboxylic acids is 2. The summed E-state index contributed by atoms with van der Waals surface area (Å²) in [6.07, 6.45) is 1.81. The summed E-state index contributed by atoms with van der Waals surface area (Å²) in [5, 5.41) is 14.7. The number of anilines is 2. The van der Waals surface area contributed by atoms with Crippen LogP contribution in [0.5, 0.6) is 0 Å². The number of amides is 2. The van der Waals surface area contributed by atoms with Crippen molar-refractivity contribution in [2.24, 2.45) is 0 Å². The fraction of sp³-hybridized carbons (Fsp3) is 0.333. The van der Waals surface area contributed by atoms with Gasteiger partial charge in [-0.25, -0.2) is 4.39 Å². The summed E-state index contributed by atoms with van der Waals surface area (Å²) in [7, 11) is 0. The molecule has 1 heterocycles. The molecule has 4 rings (SSSR count). The van der Waals surface area contributed by atoms with Crippen LogP contribution in [0.2, 0.25) is 0 Å². The molecule has 208 valence electrons. The standard InChI is InChI=1S/C30H35FIN3O4/c1-32(2)35-16-6-9-24(19-35)39-30(38)34-28-18-21(10-13-25(28)23-7-4-3-5-8-23)12-15-29(37)33-27-14-11-22(20-36)17-26(27)31/h3-5,7-8,10-11,13-14,17-18,24,36H,6,9,12,15-16,19-20H2,1-2H3,(H,33,37)(H,34,38). The quantitative estimate of drug-likeness (QED) is 0.145. The molecule has 0 bridgehead atoms. The first kappa shape index (κ1) is 29.0. The van der Waals surface area contributed by atoms with Crippen molar-refractivity contribution in [2.45, 2.75) is 38.4 Å². The Balaban J connectivity index is 1.44. The number of aliphatic hydroxyl groups excluding tert-OH is 1. The molecule has 0 aliphatic carbocycles. The van der Waals surface area contributed by atoms with Crippen molar-refractivity contribution in [3.63, 3.8) is 0 Å². The van der Waals surface area contributed by atoms with Gasteiger partial charge >= 0.3 is 176 Å². The molecule has 0 spiro atoms. The second-order valence-electron chi connectivity index (χ2n) is 9.65. The second-order valence-corrected chi connectivity index (χ2v) is 15.1. The van der Waals surface area contributed by atoms with Gasteiger partial charge < -0.3 is 10.4 Å². The van der Waals surface area contributed by atoms with Gasteiger partial charge in [-0.15, -0.1) is 0 Å². The van der Waals surface area contributed by atoms with Crippen LogP contribution in [0.3, 0.4) is 0 Å². The summed E-state index contributed by atoms with van der Waals surface area (Å²) in [6, 6.07) is 19.7. The van der Waals surface area contributed by atoms with E-state index in [-0.39, 0.29) is 30.7 Å². The van der Waals surface area contributed by atoms with Gasteiger partial charge in [-0.1, -0.05) is 6.07 Å². The van der Waals surface area contributed by atoms with Gasteiger partial charge in [0.15, 0.2) is 0 Å². The van der Waals surface area contributed by atoms with Crippen LogP contribution in [0.15, 0.2) is 66.7 Å². The molecular formula is C30H35FIN3O4. The van der Waals surface area contributed by atoms with E-state index < -0.39 is 32.0 Å². The fourth-order valence-corrected chi connectivity index (χ4v) is 7.07. The van der Waals surface area contributed by atoms with Crippen molar-refractivity contribution in [2.75, 3.05) is 33.6 Å². The molecule has 1 aliphatic heterocycles. The minimum atomic E-state index is -1.12. The molecule has 1 aliphatic rings. The number of nitrogens with one attached hydrogen (secondary N) is 2. The normalized spacial score (nSPS) is 15.9. The van der Waals surface area contributed by atoms with E-state index in [1.54, 1.807) is 6.07 Å². The zero-order valence-corrected chi connectivity index (χ0v) is 24.4. The SMILES string of the molecule is CI(C)N1CCCC(OC(=O)Nc2cc(CCC(=O)Nc3ccc(CO)cc3F)ccc2-c2ccccc2)C1. The molecular weight excluding hydrogens is 612 g/mol. The van der Waals surface area contributed by atoms with Gasteiger partial charge in [0.05, 0.1) is 12.3 Å². The van der Waals surface area contributed by atoms with Gasteiger partial charge in [0.2, 0.25) is 0 Å². The Morgan fingerprint density at radius 1 is 1.03 bits per heavy atom. The number of hydrogen-bond donors (Lipinski definition) is 3. The molecule has 3 aromatic rings. The van der Waals surface area contributed by atoms with Crippen LogP contribution in [0.25, 0.3) is 11.1 Å². The van der Waals surface area contributed by atoms with Gasteiger partial charge in [-0.05, 0) is 17.7 Å². The maximum absolute atomic E-state index is 14.2. The number of rotatable bonds is 9. The number of ether oxygens (including phenoxy) is 1. The minimum absolute atomic E-state index is 0.0727. The first-order valence-electron chi connectivity index (χ1n) is 12.9. The van der Waals surface area contributed by atoms with Crippen LogP contribution < -0.4 is 10.6 Å². The molecule has 2 amide bonds. The third kappa shape index (κ3) is 8.23. The zero-order chi connectivity index (χ0) is 27.8. The third-order valence-electron chi connectivity index (χ3n) is 6.62. The number of hydrogen-bond acceptors (Lipinski definition) is 5. The molecule has 0 aromatic heterocycles. The van der Waals surface area contributed by atoms with Crippen molar-refractivity contribution in [1.82, 2.24) is 3.11 Å². The first-order valence-corrected chi connectivity index (χ1v) is 18.2. The number of aryl methyl sites for hydroxylation is 1. The van der Waals surface area contributed by atoms with E-state index in [0.717, 1.165) is 42.6 Å². The van der Waals surface area contributed by atoms with E-state index >= 15 is 0 Å². The van der Waals surface area contributed by atoms with Gasteiger partial charge in [-0.3, -0.25) is 4.79 Å². The Labute approximate surface area is 236 Å². The molecule has 3 aromatic carbocycles. The average Bonchev–Trinajstić information content (AvgIpc) is 2.93. The van der Waals surface area contributed by atoms with Crippen LogP contribution in [0, 0.1) is 5.82 Å². The number of carbonyl (C=O) groups is 2. The first-order chi connectivity index (χ1) is 18.8. The maximum atomic E-state index is 14.2. The summed E-state index contributed by atoms with van der Waals surface area (Å²) in [6.45, 7) is 1.59. The summed E-state index contributed by atoms with van der Waals surface area (Å²) >= 11 is -1.12. The van der Waals surface area contributed by atoms with Gasteiger partial charge in [0.25, 0.3) is 0 Å². The van der Waals surface area contributed by atoms with E-state index in [0.29, 0.717) is 17.7 Å². The molecule has 1 unspecified atom stereocenters. The van der Waals surface area contributed by atoms with E-state index in [4.69, 9.17) is 9.84 Å². The zero-order valence-electron chi connectivity index (χ0n) is 22.3. The Morgan fingerprint density at radius 3 is 2.51 bits per heavy atom. The topological polar surface area (TPSA) is 90.9 Å². The average molecular weight is 648 g/mol. The van der Waals surface area contributed by atoms with E-state index in [9.17, 15) is 14.0 Å². The monoisotopic (exact) mass is 647 g/mol. The Kier molecular flexibility index (Phi) is 10.3.